The molecule has 9 radical (unpaired) electrons. The molecule has 0 saturated heterocycles. The van der Waals surface area contributed by atoms with Crippen molar-refractivity contribution in [3.63, 3.8) is 0 Å². The molecule has 0 aliphatic rings. The van der Waals surface area contributed by atoms with Gasteiger partial charge in [-0.25, -0.2) is 0 Å². The van der Waals surface area contributed by atoms with Gasteiger partial charge in [0.2, 0.25) is 0 Å². The van der Waals surface area contributed by atoms with Crippen molar-refractivity contribution < 1.29 is 71.8 Å². The molecule has 0 aromatic heterocycles. The van der Waals surface area contributed by atoms with Crippen LogP contribution in [0.15, 0.2) is 0 Å². The molecule has 32 heteroatoms. The van der Waals surface area contributed by atoms with Crippen molar-refractivity contribution in [1.82, 2.24) is 14.7 Å². The van der Waals surface area contributed by atoms with Crippen LogP contribution in [0.3, 0.4) is 0 Å². The first kappa shape index (κ1) is 75.5. The maximum atomic E-state index is 11.4. The van der Waals surface area contributed by atoms with Gasteiger partial charge in [0.05, 0.1) is 0 Å². The van der Waals surface area contributed by atoms with Crippen molar-refractivity contribution in [3.05, 3.63) is 0 Å². The summed E-state index contributed by atoms with van der Waals surface area (Å²) in [4.78, 5) is 93.2. The second-order valence-electron chi connectivity index (χ2n) is 6.94. The van der Waals surface area contributed by atoms with Crippen molar-refractivity contribution in [3.8, 4) is 0 Å². The molecule has 0 atom stereocenters. The molecule has 0 rings (SSSR count). The first-order valence-electron chi connectivity index (χ1n) is 8.34. The molecule has 0 heterocycles. The maximum Gasteiger partial charge on any atom is 0.339 e. The minimum absolute atomic E-state index is 0. The van der Waals surface area contributed by atoms with Crippen LogP contribution >= 0.6 is 38.0 Å². The van der Waals surface area contributed by atoms with Crippen LogP contribution in [0.5, 0.6) is 0 Å². The average molecular weight is 780 g/mol. The SMILES string of the molecule is O=P(O)(O)CN(CCN(CP(=O)(O)O)CP(=O)(O)O)CCN(CP(=O)(O)O)CP(=O)(O)O.[Na].[Na].[Na].[Na].[Na].[Na].[Na].[Na].[Na]. The molecule has 0 fully saturated rings. The fourth-order valence-electron chi connectivity index (χ4n) is 2.49. The first-order valence-corrected chi connectivity index (χ1v) is 17.3. The first-order chi connectivity index (χ1) is 13.9. The Morgan fingerprint density at radius 3 is 0.561 bits per heavy atom. The van der Waals surface area contributed by atoms with Gasteiger partial charge in [0.1, 0.15) is 31.4 Å². The van der Waals surface area contributed by atoms with Gasteiger partial charge in [0.15, 0.2) is 0 Å². The molecule has 0 spiro atoms. The molecule has 203 valence electrons. The van der Waals surface area contributed by atoms with Gasteiger partial charge in [-0.15, -0.1) is 0 Å². The zero-order valence-electron chi connectivity index (χ0n) is 25.5. The molecule has 0 aromatic carbocycles. The van der Waals surface area contributed by atoms with E-state index in [4.69, 9.17) is 39.1 Å². The van der Waals surface area contributed by atoms with Crippen molar-refractivity contribution >= 4 is 304 Å². The van der Waals surface area contributed by atoms with E-state index in [1.807, 2.05) is 0 Å². The summed E-state index contributed by atoms with van der Waals surface area (Å²) in [6.07, 6.45) is -5.21. The van der Waals surface area contributed by atoms with E-state index >= 15 is 0 Å². The van der Waals surface area contributed by atoms with Crippen LogP contribution in [-0.4, -0.2) is 387 Å². The summed E-state index contributed by atoms with van der Waals surface area (Å²) < 4.78 is 56.1. The topological polar surface area (TPSA) is 297 Å². The van der Waals surface area contributed by atoms with Gasteiger partial charge in [0, 0.05) is 292 Å². The number of hydrogen-bond donors (Lipinski definition) is 10. The summed E-state index contributed by atoms with van der Waals surface area (Å²) in [6.45, 7) is -1.78. The van der Waals surface area contributed by atoms with Crippen LogP contribution in [-0.2, 0) is 22.8 Å². The molecule has 41 heavy (non-hydrogen) atoms. The summed E-state index contributed by atoms with van der Waals surface area (Å²) in [7, 11) is -23.8. The van der Waals surface area contributed by atoms with Crippen LogP contribution in [0.2, 0.25) is 0 Å². The molecule has 0 amide bonds. The molecule has 10 N–H and O–H groups in total. The molecule has 0 aromatic rings. The van der Waals surface area contributed by atoms with Crippen LogP contribution in [0.25, 0.3) is 0 Å². The largest absolute Gasteiger partial charge is 0.339 e. The molecule has 0 aliphatic heterocycles. The fraction of sp³-hybridized carbons (Fsp3) is 1.00. The van der Waals surface area contributed by atoms with Crippen molar-refractivity contribution in [1.29, 1.82) is 0 Å². The van der Waals surface area contributed by atoms with Gasteiger partial charge in [-0.1, -0.05) is 0 Å². The Morgan fingerprint density at radius 1 is 0.293 bits per heavy atom. The Bertz CT molecular complexity index is 752. The maximum absolute atomic E-state index is 11.4. The van der Waals surface area contributed by atoms with E-state index in [0.717, 1.165) is 4.90 Å². The summed E-state index contributed by atoms with van der Waals surface area (Å²) in [5.41, 5.74) is 0. The van der Waals surface area contributed by atoms with Crippen molar-refractivity contribution in [2.24, 2.45) is 0 Å². The summed E-state index contributed by atoms with van der Waals surface area (Å²) in [5, 5.41) is 0. The van der Waals surface area contributed by atoms with Gasteiger partial charge >= 0.3 is 38.0 Å². The molecule has 0 saturated carbocycles. The van der Waals surface area contributed by atoms with E-state index in [0.29, 0.717) is 9.80 Å². The predicted molar refractivity (Wildman–Crippen MR) is 161 cm³/mol. The zero-order valence-corrected chi connectivity index (χ0v) is 47.9. The molecule has 0 aliphatic carbocycles. The fourth-order valence-corrected chi connectivity index (χ4v) is 6.66. The van der Waals surface area contributed by atoms with Gasteiger partial charge in [-0.2, -0.15) is 0 Å². The summed E-state index contributed by atoms with van der Waals surface area (Å²) in [5.74, 6) is 0. The van der Waals surface area contributed by atoms with Gasteiger partial charge in [-0.05, 0) is 0 Å². The van der Waals surface area contributed by atoms with Crippen LogP contribution in [0, 0.1) is 0 Å². The Balaban J connectivity index is -0.000000133. The Labute approximate surface area is 438 Å². The second kappa shape index (κ2) is 35.3. The third-order valence-corrected chi connectivity index (χ3v) is 7.23. The molecule has 18 nitrogen and oxygen atoms in total. The number of nitrogens with zero attached hydrogens (tertiary/aromatic N) is 3. The van der Waals surface area contributed by atoms with Crippen molar-refractivity contribution in [2.75, 3.05) is 57.6 Å². The summed E-state index contributed by atoms with van der Waals surface area (Å²) in [6, 6.07) is 0. The van der Waals surface area contributed by atoms with E-state index in [1.54, 1.807) is 0 Å². The Morgan fingerprint density at radius 2 is 0.415 bits per heavy atom. The van der Waals surface area contributed by atoms with Crippen LogP contribution in [0.4, 0.5) is 0 Å². The van der Waals surface area contributed by atoms with E-state index in [-0.39, 0.29) is 266 Å². The molecular formula is C9H28N3Na9O15P5. The van der Waals surface area contributed by atoms with E-state index in [9.17, 15) is 32.6 Å². The van der Waals surface area contributed by atoms with Crippen LogP contribution in [0.1, 0.15) is 0 Å². The summed E-state index contributed by atoms with van der Waals surface area (Å²) >= 11 is 0. The number of rotatable bonds is 16. The zero-order chi connectivity index (χ0) is 25.6. The second-order valence-corrected chi connectivity index (χ2v) is 15.0. The minimum Gasteiger partial charge on any atom is -0.324 e. The molecule has 0 unspecified atom stereocenters. The van der Waals surface area contributed by atoms with Crippen LogP contribution < -0.4 is 0 Å². The third kappa shape index (κ3) is 56.5. The predicted octanol–water partition coefficient (Wildman–Crippen LogP) is -5.86. The standard InChI is InChI=1S/C9H28N3O15P5.9Na/c13-28(14,15)5-10(1-3-11(6-29(16,17)18)7-30(19,20)21)2-4-12(8-31(22,23)24)9-32(25,26)27;;;;;;;;;/h1-9H2,(H2,13,14,15)(H2,16,17,18)(H2,19,20,21)(H2,22,23,24)(H2,25,26,27);;;;;;;;;. The number of hydrogen-bond acceptors (Lipinski definition) is 8. The third-order valence-electron chi connectivity index (χ3n) is 3.39. The van der Waals surface area contributed by atoms with Crippen molar-refractivity contribution in [2.45, 2.75) is 0 Å². The van der Waals surface area contributed by atoms with E-state index < -0.39 is 95.6 Å². The Hall–Kier alpha value is 9.63. The quantitative estimate of drug-likeness (QED) is 0.0515. The van der Waals surface area contributed by atoms with E-state index in [2.05, 4.69) is 0 Å². The van der Waals surface area contributed by atoms with Gasteiger partial charge in [0.25, 0.3) is 0 Å². The minimum atomic E-state index is -4.76. The Kier molecular flexibility index (Phi) is 65.1. The molecular weight excluding hydrogens is 752 g/mol. The normalized spacial score (nSPS) is 11.4. The van der Waals surface area contributed by atoms with E-state index in [1.165, 1.54) is 0 Å². The van der Waals surface area contributed by atoms with Gasteiger partial charge in [-0.3, -0.25) is 37.5 Å². The monoisotopic (exact) mass is 780 g/mol. The smallest absolute Gasteiger partial charge is 0.324 e. The average Bonchev–Trinajstić information content (AvgIpc) is 2.41. The van der Waals surface area contributed by atoms with Gasteiger partial charge < -0.3 is 48.9 Å². The molecule has 0 bridgehead atoms.